The molecule has 0 unspecified atom stereocenters. The van der Waals surface area contributed by atoms with Crippen molar-refractivity contribution in [3.05, 3.63) is 64.7 Å². The Labute approximate surface area is 149 Å². The van der Waals surface area contributed by atoms with Crippen molar-refractivity contribution in [1.29, 1.82) is 0 Å². The third-order valence-corrected chi connectivity index (χ3v) is 5.92. The fourth-order valence-electron chi connectivity index (χ4n) is 2.52. The molecule has 2 aromatic carbocycles. The second-order valence-electron chi connectivity index (χ2n) is 6.30. The van der Waals surface area contributed by atoms with Gasteiger partial charge < -0.3 is 5.32 Å². The molecule has 0 aliphatic heterocycles. The van der Waals surface area contributed by atoms with Crippen LogP contribution in [0.15, 0.2) is 47.4 Å². The third kappa shape index (κ3) is 4.90. The van der Waals surface area contributed by atoms with Crippen molar-refractivity contribution in [2.75, 3.05) is 13.6 Å². The number of carbonyl (C=O) groups is 1. The van der Waals surface area contributed by atoms with Gasteiger partial charge >= 0.3 is 0 Å². The molecule has 25 heavy (non-hydrogen) atoms. The van der Waals surface area contributed by atoms with E-state index in [1.807, 2.05) is 44.2 Å². The van der Waals surface area contributed by atoms with Gasteiger partial charge in [0, 0.05) is 13.6 Å². The van der Waals surface area contributed by atoms with E-state index < -0.39 is 10.0 Å². The fraction of sp³-hybridized carbons (Fsp3) is 0.316. The summed E-state index contributed by atoms with van der Waals surface area (Å²) in [5, 5.41) is 2.76. The number of rotatable bonds is 6. The highest BCUT2D eigenvalue weighted by Crippen LogP contribution is 2.20. The normalized spacial score (nSPS) is 11.6. The van der Waals surface area contributed by atoms with Crippen molar-refractivity contribution in [2.45, 2.75) is 32.2 Å². The highest BCUT2D eigenvalue weighted by molar-refractivity contribution is 7.89. The maximum atomic E-state index is 12.7. The number of benzene rings is 2. The molecule has 6 heteroatoms. The Morgan fingerprint density at radius 1 is 1.04 bits per heavy atom. The first-order valence-corrected chi connectivity index (χ1v) is 9.50. The van der Waals surface area contributed by atoms with Crippen LogP contribution in [-0.4, -0.2) is 32.2 Å². The molecule has 0 heterocycles. The van der Waals surface area contributed by atoms with E-state index in [9.17, 15) is 13.2 Å². The summed E-state index contributed by atoms with van der Waals surface area (Å²) in [6.07, 6.45) is 0. The van der Waals surface area contributed by atoms with Gasteiger partial charge in [-0.25, -0.2) is 8.42 Å². The number of hydrogen-bond acceptors (Lipinski definition) is 3. The number of carbonyl (C=O) groups excluding carboxylic acids is 1. The summed E-state index contributed by atoms with van der Waals surface area (Å²) in [7, 11) is -2.28. The van der Waals surface area contributed by atoms with Gasteiger partial charge in [-0.3, -0.25) is 4.79 Å². The number of likely N-dealkylation sites (N-methyl/N-ethyl adjacent to an activating group) is 1. The highest BCUT2D eigenvalue weighted by atomic mass is 32.2. The van der Waals surface area contributed by atoms with Crippen LogP contribution in [0.5, 0.6) is 0 Å². The molecule has 1 N–H and O–H groups in total. The number of amides is 1. The Kier molecular flexibility index (Phi) is 5.98. The van der Waals surface area contributed by atoms with Crippen molar-refractivity contribution in [3.8, 4) is 0 Å². The van der Waals surface area contributed by atoms with Crippen LogP contribution < -0.4 is 5.32 Å². The van der Waals surface area contributed by atoms with Crippen LogP contribution in [0.25, 0.3) is 0 Å². The molecule has 0 radical (unpaired) electrons. The van der Waals surface area contributed by atoms with Crippen molar-refractivity contribution in [3.63, 3.8) is 0 Å². The minimum Gasteiger partial charge on any atom is -0.351 e. The Morgan fingerprint density at radius 2 is 1.72 bits per heavy atom. The summed E-state index contributed by atoms with van der Waals surface area (Å²) >= 11 is 0. The van der Waals surface area contributed by atoms with Crippen LogP contribution in [0.1, 0.15) is 22.3 Å². The smallest absolute Gasteiger partial charge is 0.243 e. The number of nitrogens with zero attached hydrogens (tertiary/aromatic N) is 1. The molecule has 0 aliphatic rings. The Balaban J connectivity index is 2.03. The van der Waals surface area contributed by atoms with Gasteiger partial charge in [-0.1, -0.05) is 42.0 Å². The van der Waals surface area contributed by atoms with E-state index >= 15 is 0 Å². The van der Waals surface area contributed by atoms with Crippen molar-refractivity contribution >= 4 is 15.9 Å². The van der Waals surface area contributed by atoms with Crippen molar-refractivity contribution < 1.29 is 13.2 Å². The number of nitrogens with one attached hydrogen (secondary N) is 1. The summed E-state index contributed by atoms with van der Waals surface area (Å²) in [5.41, 5.74) is 3.62. The Morgan fingerprint density at radius 3 is 2.40 bits per heavy atom. The molecular weight excluding hydrogens is 336 g/mol. The summed E-state index contributed by atoms with van der Waals surface area (Å²) in [4.78, 5) is 12.4. The van der Waals surface area contributed by atoms with Gasteiger partial charge in [0.05, 0.1) is 11.4 Å². The SMILES string of the molecule is Cc1cccc(CNC(=O)CN(C)S(=O)(=O)c2cc(C)ccc2C)c1. The van der Waals surface area contributed by atoms with Gasteiger partial charge in [-0.15, -0.1) is 0 Å². The topological polar surface area (TPSA) is 66.5 Å². The molecule has 0 atom stereocenters. The van der Waals surface area contributed by atoms with Gasteiger partial charge in [0.15, 0.2) is 0 Å². The molecule has 0 spiro atoms. The summed E-state index contributed by atoms with van der Waals surface area (Å²) < 4.78 is 26.5. The minimum absolute atomic E-state index is 0.221. The van der Waals surface area contributed by atoms with Crippen LogP contribution in [0, 0.1) is 20.8 Å². The number of hydrogen-bond donors (Lipinski definition) is 1. The first-order valence-electron chi connectivity index (χ1n) is 8.06. The lowest BCUT2D eigenvalue weighted by Gasteiger charge is -2.18. The molecule has 1 amide bonds. The lowest BCUT2D eigenvalue weighted by molar-refractivity contribution is -0.121. The van der Waals surface area contributed by atoms with Crippen LogP contribution in [0.2, 0.25) is 0 Å². The summed E-state index contributed by atoms with van der Waals surface area (Å²) in [5.74, 6) is -0.335. The number of sulfonamides is 1. The van der Waals surface area contributed by atoms with E-state index in [1.165, 1.54) is 7.05 Å². The molecule has 0 aliphatic carbocycles. The van der Waals surface area contributed by atoms with Crippen LogP contribution in [0.4, 0.5) is 0 Å². The van der Waals surface area contributed by atoms with E-state index in [2.05, 4.69) is 5.32 Å². The molecule has 0 aromatic heterocycles. The fourth-order valence-corrected chi connectivity index (χ4v) is 3.95. The summed E-state index contributed by atoms with van der Waals surface area (Å²) in [6, 6.07) is 13.1. The first-order chi connectivity index (χ1) is 11.7. The quantitative estimate of drug-likeness (QED) is 0.861. The average molecular weight is 360 g/mol. The molecule has 5 nitrogen and oxygen atoms in total. The molecule has 2 rings (SSSR count). The van der Waals surface area contributed by atoms with Crippen LogP contribution >= 0.6 is 0 Å². The lowest BCUT2D eigenvalue weighted by atomic mass is 10.1. The van der Waals surface area contributed by atoms with Crippen molar-refractivity contribution in [1.82, 2.24) is 9.62 Å². The first kappa shape index (κ1) is 19.1. The van der Waals surface area contributed by atoms with E-state index in [0.717, 1.165) is 21.0 Å². The summed E-state index contributed by atoms with van der Waals surface area (Å²) in [6.45, 7) is 5.72. The monoisotopic (exact) mass is 360 g/mol. The molecule has 2 aromatic rings. The predicted octanol–water partition coefficient (Wildman–Crippen LogP) is 2.55. The zero-order valence-corrected chi connectivity index (χ0v) is 15.9. The Bertz CT molecular complexity index is 876. The molecule has 134 valence electrons. The molecule has 0 saturated carbocycles. The zero-order valence-electron chi connectivity index (χ0n) is 15.0. The second-order valence-corrected chi connectivity index (χ2v) is 8.31. The standard InChI is InChI=1S/C19H24N2O3S/c1-14-6-5-7-17(10-14)12-20-19(22)13-21(4)25(23,24)18-11-15(2)8-9-16(18)3/h5-11H,12-13H2,1-4H3,(H,20,22). The van der Waals surface area contributed by atoms with Gasteiger partial charge in [0.25, 0.3) is 0 Å². The van der Waals surface area contributed by atoms with Crippen molar-refractivity contribution in [2.24, 2.45) is 0 Å². The van der Waals surface area contributed by atoms with Gasteiger partial charge in [-0.05, 0) is 43.5 Å². The largest absolute Gasteiger partial charge is 0.351 e. The number of aryl methyl sites for hydroxylation is 3. The lowest BCUT2D eigenvalue weighted by Crippen LogP contribution is -2.38. The van der Waals surface area contributed by atoms with Gasteiger partial charge in [-0.2, -0.15) is 4.31 Å². The minimum atomic E-state index is -3.70. The molecule has 0 saturated heterocycles. The molecule has 0 bridgehead atoms. The third-order valence-electron chi connectivity index (χ3n) is 3.97. The maximum Gasteiger partial charge on any atom is 0.243 e. The van der Waals surface area contributed by atoms with E-state index in [0.29, 0.717) is 12.1 Å². The van der Waals surface area contributed by atoms with Gasteiger partial charge in [0.1, 0.15) is 0 Å². The zero-order chi connectivity index (χ0) is 18.6. The van der Waals surface area contributed by atoms with Crippen LogP contribution in [0.3, 0.4) is 0 Å². The Hall–Kier alpha value is -2.18. The van der Waals surface area contributed by atoms with E-state index in [1.54, 1.807) is 19.1 Å². The van der Waals surface area contributed by atoms with Gasteiger partial charge in [0.2, 0.25) is 15.9 Å². The van der Waals surface area contributed by atoms with E-state index in [4.69, 9.17) is 0 Å². The van der Waals surface area contributed by atoms with Crippen LogP contribution in [-0.2, 0) is 21.4 Å². The second kappa shape index (κ2) is 7.80. The average Bonchev–Trinajstić information content (AvgIpc) is 2.55. The van der Waals surface area contributed by atoms with E-state index in [-0.39, 0.29) is 17.3 Å². The predicted molar refractivity (Wildman–Crippen MR) is 98.8 cm³/mol. The highest BCUT2D eigenvalue weighted by Gasteiger charge is 2.24. The molecular formula is C19H24N2O3S. The maximum absolute atomic E-state index is 12.7. The molecule has 0 fully saturated rings.